The van der Waals surface area contributed by atoms with Crippen LogP contribution in [0.5, 0.6) is 0 Å². The summed E-state index contributed by atoms with van der Waals surface area (Å²) in [5.41, 5.74) is 0. The second-order valence-corrected chi connectivity index (χ2v) is 11.5. The number of thiophene rings is 1. The van der Waals surface area contributed by atoms with Gasteiger partial charge in [-0.05, 0) is 28.5 Å². The zero-order valence-corrected chi connectivity index (χ0v) is 16.5. The molecule has 0 saturated carbocycles. The SMILES string of the molecule is CCNCc1cc(S(=O)(=O)N2CC(C)SC(C)C2)c(Br)s1. The Bertz CT molecular complexity index is 578. The average molecular weight is 413 g/mol. The molecule has 1 aliphatic rings. The molecule has 2 rings (SSSR count). The van der Waals surface area contributed by atoms with E-state index in [4.69, 9.17) is 0 Å². The van der Waals surface area contributed by atoms with Crippen LogP contribution in [0.25, 0.3) is 0 Å². The Morgan fingerprint density at radius 3 is 2.57 bits per heavy atom. The van der Waals surface area contributed by atoms with Crippen molar-refractivity contribution in [3.8, 4) is 0 Å². The molecule has 1 saturated heterocycles. The van der Waals surface area contributed by atoms with Crippen LogP contribution in [0.3, 0.4) is 0 Å². The fourth-order valence-corrected chi connectivity index (χ4v) is 8.11. The lowest BCUT2D eigenvalue weighted by Crippen LogP contribution is -2.43. The van der Waals surface area contributed by atoms with Crippen molar-refractivity contribution in [1.29, 1.82) is 0 Å². The summed E-state index contributed by atoms with van der Waals surface area (Å²) >= 11 is 6.76. The summed E-state index contributed by atoms with van der Waals surface area (Å²) in [5, 5.41) is 3.90. The number of nitrogens with one attached hydrogen (secondary N) is 1. The number of halogens is 1. The first-order valence-corrected chi connectivity index (χ1v) is 11.0. The van der Waals surface area contributed by atoms with E-state index < -0.39 is 10.0 Å². The van der Waals surface area contributed by atoms with E-state index in [0.717, 1.165) is 11.4 Å². The Balaban J connectivity index is 2.24. The van der Waals surface area contributed by atoms with Gasteiger partial charge in [0.1, 0.15) is 4.90 Å². The monoisotopic (exact) mass is 412 g/mol. The first-order chi connectivity index (χ1) is 9.84. The van der Waals surface area contributed by atoms with Gasteiger partial charge in [-0.25, -0.2) is 8.42 Å². The third-order valence-corrected chi connectivity index (χ3v) is 8.57. The van der Waals surface area contributed by atoms with Crippen LogP contribution < -0.4 is 5.32 Å². The molecule has 0 spiro atoms. The highest BCUT2D eigenvalue weighted by Crippen LogP contribution is 2.36. The van der Waals surface area contributed by atoms with Crippen LogP contribution in [0.2, 0.25) is 0 Å². The van der Waals surface area contributed by atoms with Crippen molar-refractivity contribution >= 4 is 49.1 Å². The quantitative estimate of drug-likeness (QED) is 0.806. The Hall–Kier alpha value is 0.400. The second kappa shape index (κ2) is 7.31. The zero-order valence-electron chi connectivity index (χ0n) is 12.4. The van der Waals surface area contributed by atoms with Crippen molar-refractivity contribution in [3.05, 3.63) is 14.7 Å². The number of hydrogen-bond acceptors (Lipinski definition) is 5. The van der Waals surface area contributed by atoms with Crippen LogP contribution in [0.4, 0.5) is 0 Å². The summed E-state index contributed by atoms with van der Waals surface area (Å²) in [6, 6.07) is 1.80. The lowest BCUT2D eigenvalue weighted by atomic mass is 10.4. The molecule has 1 aromatic rings. The van der Waals surface area contributed by atoms with Crippen molar-refractivity contribution in [3.63, 3.8) is 0 Å². The van der Waals surface area contributed by atoms with E-state index in [-0.39, 0.29) is 0 Å². The predicted octanol–water partition coefficient (Wildman–Crippen LogP) is 3.13. The normalized spacial score (nSPS) is 24.4. The third-order valence-electron chi connectivity index (χ3n) is 3.26. The summed E-state index contributed by atoms with van der Waals surface area (Å²) in [5.74, 6) is 0. The highest BCUT2D eigenvalue weighted by Gasteiger charge is 2.34. The third kappa shape index (κ3) is 4.23. The number of rotatable bonds is 5. The van der Waals surface area contributed by atoms with Gasteiger partial charge in [0.25, 0.3) is 0 Å². The fourth-order valence-electron chi connectivity index (χ4n) is 2.38. The van der Waals surface area contributed by atoms with Gasteiger partial charge in [-0.2, -0.15) is 16.1 Å². The number of hydrogen-bond donors (Lipinski definition) is 1. The number of thioether (sulfide) groups is 1. The van der Waals surface area contributed by atoms with Crippen LogP contribution in [-0.2, 0) is 16.6 Å². The fraction of sp³-hybridized carbons (Fsp3) is 0.692. The summed E-state index contributed by atoms with van der Waals surface area (Å²) in [6.45, 7) is 8.96. The lowest BCUT2D eigenvalue weighted by Gasteiger charge is -2.33. The number of sulfonamides is 1. The summed E-state index contributed by atoms with van der Waals surface area (Å²) < 4.78 is 28.0. The molecule has 1 N–H and O–H groups in total. The molecule has 1 fully saturated rings. The molecule has 120 valence electrons. The molecule has 2 heterocycles. The van der Waals surface area contributed by atoms with Crippen LogP contribution >= 0.6 is 39.0 Å². The van der Waals surface area contributed by atoms with Gasteiger partial charge in [0.05, 0.1) is 3.79 Å². The van der Waals surface area contributed by atoms with E-state index in [1.54, 1.807) is 10.4 Å². The van der Waals surface area contributed by atoms with Gasteiger partial charge < -0.3 is 5.32 Å². The van der Waals surface area contributed by atoms with E-state index in [9.17, 15) is 8.42 Å². The van der Waals surface area contributed by atoms with E-state index in [1.807, 2.05) is 18.7 Å². The topological polar surface area (TPSA) is 49.4 Å². The molecule has 1 aromatic heterocycles. The molecule has 4 nitrogen and oxygen atoms in total. The van der Waals surface area contributed by atoms with Gasteiger partial charge in [-0.1, -0.05) is 20.8 Å². The van der Waals surface area contributed by atoms with Gasteiger partial charge in [-0.15, -0.1) is 11.3 Å². The van der Waals surface area contributed by atoms with Crippen LogP contribution in [0.15, 0.2) is 14.7 Å². The first kappa shape index (κ1) is 17.7. The molecule has 2 atom stereocenters. The minimum Gasteiger partial charge on any atom is -0.312 e. The minimum absolute atomic E-state index is 0.335. The molecule has 2 unspecified atom stereocenters. The second-order valence-electron chi connectivity index (χ2n) is 5.21. The van der Waals surface area contributed by atoms with E-state index >= 15 is 0 Å². The van der Waals surface area contributed by atoms with E-state index in [1.165, 1.54) is 11.3 Å². The largest absolute Gasteiger partial charge is 0.312 e. The molecule has 0 aliphatic carbocycles. The molecule has 0 radical (unpaired) electrons. The van der Waals surface area contributed by atoms with Gasteiger partial charge >= 0.3 is 0 Å². The van der Waals surface area contributed by atoms with Crippen LogP contribution in [0, 0.1) is 0 Å². The van der Waals surface area contributed by atoms with Gasteiger partial charge in [0, 0.05) is 35.0 Å². The van der Waals surface area contributed by atoms with Gasteiger partial charge in [0.2, 0.25) is 10.0 Å². The minimum atomic E-state index is -3.41. The average Bonchev–Trinajstić information content (AvgIpc) is 2.77. The molecular weight excluding hydrogens is 392 g/mol. The Kier molecular flexibility index (Phi) is 6.18. The summed E-state index contributed by atoms with van der Waals surface area (Å²) in [6.07, 6.45) is 0. The number of nitrogens with zero attached hydrogens (tertiary/aromatic N) is 1. The molecule has 1 aliphatic heterocycles. The van der Waals surface area contributed by atoms with E-state index in [0.29, 0.717) is 38.8 Å². The Morgan fingerprint density at radius 1 is 1.38 bits per heavy atom. The highest BCUT2D eigenvalue weighted by molar-refractivity contribution is 9.11. The molecule has 21 heavy (non-hydrogen) atoms. The molecule has 0 amide bonds. The van der Waals surface area contributed by atoms with Crippen molar-refractivity contribution in [2.24, 2.45) is 0 Å². The van der Waals surface area contributed by atoms with Crippen molar-refractivity contribution in [2.75, 3.05) is 19.6 Å². The van der Waals surface area contributed by atoms with Crippen molar-refractivity contribution < 1.29 is 8.42 Å². The van der Waals surface area contributed by atoms with E-state index in [2.05, 4.69) is 35.1 Å². The molecule has 8 heteroatoms. The summed E-state index contributed by atoms with van der Waals surface area (Å²) in [4.78, 5) is 1.45. The molecule has 0 aromatic carbocycles. The maximum atomic E-state index is 12.9. The Labute approximate surface area is 143 Å². The maximum absolute atomic E-state index is 12.9. The smallest absolute Gasteiger partial charge is 0.245 e. The maximum Gasteiger partial charge on any atom is 0.245 e. The van der Waals surface area contributed by atoms with Crippen molar-refractivity contribution in [2.45, 2.75) is 42.7 Å². The van der Waals surface area contributed by atoms with Gasteiger partial charge in [-0.3, -0.25) is 0 Å². The van der Waals surface area contributed by atoms with Crippen LogP contribution in [0.1, 0.15) is 25.6 Å². The Morgan fingerprint density at radius 2 is 2.00 bits per heavy atom. The zero-order chi connectivity index (χ0) is 15.6. The van der Waals surface area contributed by atoms with Gasteiger partial charge in [0.15, 0.2) is 0 Å². The summed E-state index contributed by atoms with van der Waals surface area (Å²) in [7, 11) is -3.41. The molecule has 0 bridgehead atoms. The van der Waals surface area contributed by atoms with Crippen molar-refractivity contribution in [1.82, 2.24) is 9.62 Å². The molecular formula is C13H21BrN2O2S3. The standard InChI is InChI=1S/C13H21BrN2O2S3/c1-4-15-6-11-5-12(13(14)20-11)21(17,18)16-7-9(2)19-10(3)8-16/h5,9-10,15H,4,6-8H2,1-3H3. The highest BCUT2D eigenvalue weighted by atomic mass is 79.9. The predicted molar refractivity (Wildman–Crippen MR) is 94.7 cm³/mol. The first-order valence-electron chi connectivity index (χ1n) is 6.99. The van der Waals surface area contributed by atoms with Crippen LogP contribution in [-0.4, -0.2) is 42.9 Å². The lowest BCUT2D eigenvalue weighted by molar-refractivity contribution is 0.405.